The fourth-order valence-electron chi connectivity index (χ4n) is 2.29. The van der Waals surface area contributed by atoms with Gasteiger partial charge in [0, 0.05) is 30.9 Å². The first-order valence-corrected chi connectivity index (χ1v) is 6.62. The van der Waals surface area contributed by atoms with Crippen LogP contribution in [0.15, 0.2) is 29.1 Å². The highest BCUT2D eigenvalue weighted by atomic mass is 16.3. The van der Waals surface area contributed by atoms with Gasteiger partial charge in [-0.15, -0.1) is 0 Å². The second-order valence-electron chi connectivity index (χ2n) is 4.21. The standard InChI is InChI=1S/C14H21N3O/c1-4-12-11(7-10-18-12)13(15-5-2)14-16-8-9-17(14)6-3/h7-10,13,15H,4-6H2,1-3H3. The molecule has 1 unspecified atom stereocenters. The Morgan fingerprint density at radius 2 is 2.22 bits per heavy atom. The summed E-state index contributed by atoms with van der Waals surface area (Å²) < 4.78 is 7.70. The van der Waals surface area contributed by atoms with Gasteiger partial charge in [0.05, 0.1) is 12.3 Å². The Labute approximate surface area is 108 Å². The van der Waals surface area contributed by atoms with Crippen LogP contribution in [-0.2, 0) is 13.0 Å². The maximum atomic E-state index is 5.54. The Balaban J connectivity index is 2.40. The van der Waals surface area contributed by atoms with Crippen molar-refractivity contribution in [2.45, 2.75) is 39.8 Å². The topological polar surface area (TPSA) is 43.0 Å². The quantitative estimate of drug-likeness (QED) is 0.853. The molecule has 0 amide bonds. The maximum absolute atomic E-state index is 5.54. The van der Waals surface area contributed by atoms with Gasteiger partial charge in [-0.2, -0.15) is 0 Å². The van der Waals surface area contributed by atoms with Gasteiger partial charge in [0.25, 0.3) is 0 Å². The largest absolute Gasteiger partial charge is 0.469 e. The summed E-state index contributed by atoms with van der Waals surface area (Å²) in [7, 11) is 0. The summed E-state index contributed by atoms with van der Waals surface area (Å²) in [4.78, 5) is 4.50. The number of nitrogens with one attached hydrogen (secondary N) is 1. The van der Waals surface area contributed by atoms with Gasteiger partial charge in [-0.25, -0.2) is 4.98 Å². The molecule has 0 saturated carbocycles. The van der Waals surface area contributed by atoms with Crippen molar-refractivity contribution in [1.29, 1.82) is 0 Å². The Kier molecular flexibility index (Phi) is 4.20. The predicted octanol–water partition coefficient (Wildman–Crippen LogP) is 2.76. The van der Waals surface area contributed by atoms with Crippen LogP contribution in [0.2, 0.25) is 0 Å². The van der Waals surface area contributed by atoms with E-state index in [9.17, 15) is 0 Å². The predicted molar refractivity (Wildman–Crippen MR) is 71.5 cm³/mol. The fourth-order valence-corrected chi connectivity index (χ4v) is 2.29. The molecule has 98 valence electrons. The van der Waals surface area contributed by atoms with E-state index < -0.39 is 0 Å². The van der Waals surface area contributed by atoms with Crippen LogP contribution in [0.4, 0.5) is 0 Å². The first kappa shape index (κ1) is 12.9. The molecule has 0 saturated heterocycles. The number of aryl methyl sites for hydroxylation is 2. The molecule has 0 spiro atoms. The third kappa shape index (κ3) is 2.34. The van der Waals surface area contributed by atoms with Gasteiger partial charge >= 0.3 is 0 Å². The molecule has 1 atom stereocenters. The number of hydrogen-bond acceptors (Lipinski definition) is 3. The van der Waals surface area contributed by atoms with Gasteiger partial charge in [0.15, 0.2) is 0 Å². The average Bonchev–Trinajstić information content (AvgIpc) is 3.04. The normalized spacial score (nSPS) is 12.8. The van der Waals surface area contributed by atoms with E-state index in [2.05, 4.69) is 35.6 Å². The van der Waals surface area contributed by atoms with Gasteiger partial charge in [-0.05, 0) is 19.5 Å². The molecule has 0 radical (unpaired) electrons. The fraction of sp³-hybridized carbons (Fsp3) is 0.500. The first-order valence-electron chi connectivity index (χ1n) is 6.62. The summed E-state index contributed by atoms with van der Waals surface area (Å²) in [6.45, 7) is 8.17. The lowest BCUT2D eigenvalue weighted by Gasteiger charge is -2.18. The summed E-state index contributed by atoms with van der Waals surface area (Å²) in [5, 5.41) is 3.49. The lowest BCUT2D eigenvalue weighted by Crippen LogP contribution is -2.25. The number of nitrogens with zero attached hydrogens (tertiary/aromatic N) is 2. The molecule has 0 aliphatic heterocycles. The zero-order valence-electron chi connectivity index (χ0n) is 11.3. The van der Waals surface area contributed by atoms with E-state index in [4.69, 9.17) is 4.42 Å². The van der Waals surface area contributed by atoms with E-state index in [-0.39, 0.29) is 6.04 Å². The van der Waals surface area contributed by atoms with E-state index in [0.29, 0.717) is 0 Å². The monoisotopic (exact) mass is 247 g/mol. The Morgan fingerprint density at radius 1 is 1.39 bits per heavy atom. The van der Waals surface area contributed by atoms with Crippen molar-refractivity contribution in [2.24, 2.45) is 0 Å². The molecular formula is C14H21N3O. The number of furan rings is 1. The van der Waals surface area contributed by atoms with Gasteiger partial charge in [-0.1, -0.05) is 13.8 Å². The van der Waals surface area contributed by atoms with E-state index >= 15 is 0 Å². The van der Waals surface area contributed by atoms with Crippen LogP contribution in [0.1, 0.15) is 44.0 Å². The minimum Gasteiger partial charge on any atom is -0.469 e. The molecule has 2 rings (SSSR count). The second kappa shape index (κ2) is 5.87. The third-order valence-electron chi connectivity index (χ3n) is 3.17. The SMILES string of the molecule is CCNC(c1ccoc1CC)c1nccn1CC. The number of imidazole rings is 1. The molecule has 4 heteroatoms. The summed E-state index contributed by atoms with van der Waals surface area (Å²) in [5.41, 5.74) is 1.19. The third-order valence-corrected chi connectivity index (χ3v) is 3.17. The number of rotatable bonds is 6. The molecule has 4 nitrogen and oxygen atoms in total. The molecule has 2 aromatic heterocycles. The van der Waals surface area contributed by atoms with Gasteiger partial charge in [0.1, 0.15) is 11.6 Å². The summed E-state index contributed by atoms with van der Waals surface area (Å²) in [5.74, 6) is 2.09. The lowest BCUT2D eigenvalue weighted by molar-refractivity contribution is 0.493. The minimum absolute atomic E-state index is 0.110. The van der Waals surface area contributed by atoms with E-state index in [1.54, 1.807) is 6.26 Å². The lowest BCUT2D eigenvalue weighted by atomic mass is 10.1. The zero-order chi connectivity index (χ0) is 13.0. The summed E-state index contributed by atoms with van der Waals surface area (Å²) in [6, 6.07) is 2.15. The van der Waals surface area contributed by atoms with Crippen LogP contribution in [0.25, 0.3) is 0 Å². The molecule has 2 aromatic rings. The van der Waals surface area contributed by atoms with Crippen LogP contribution >= 0.6 is 0 Å². The van der Waals surface area contributed by atoms with Gasteiger partial charge < -0.3 is 14.3 Å². The molecular weight excluding hydrogens is 226 g/mol. The highest BCUT2D eigenvalue weighted by molar-refractivity contribution is 5.27. The molecule has 0 aliphatic carbocycles. The van der Waals surface area contributed by atoms with Crippen LogP contribution < -0.4 is 5.32 Å². The minimum atomic E-state index is 0.110. The Morgan fingerprint density at radius 3 is 2.89 bits per heavy atom. The molecule has 0 fully saturated rings. The smallest absolute Gasteiger partial charge is 0.130 e. The Bertz CT molecular complexity index is 444. The first-order chi connectivity index (χ1) is 8.81. The van der Waals surface area contributed by atoms with Gasteiger partial charge in [0.2, 0.25) is 0 Å². The average molecular weight is 247 g/mol. The highest BCUT2D eigenvalue weighted by Gasteiger charge is 2.21. The highest BCUT2D eigenvalue weighted by Crippen LogP contribution is 2.25. The Hall–Kier alpha value is -1.55. The van der Waals surface area contributed by atoms with Crippen LogP contribution in [0.3, 0.4) is 0 Å². The van der Waals surface area contributed by atoms with Crippen molar-refractivity contribution in [3.8, 4) is 0 Å². The van der Waals surface area contributed by atoms with Crippen LogP contribution in [0, 0.1) is 0 Å². The van der Waals surface area contributed by atoms with Crippen molar-refractivity contribution >= 4 is 0 Å². The van der Waals surface area contributed by atoms with Crippen molar-refractivity contribution in [3.63, 3.8) is 0 Å². The van der Waals surface area contributed by atoms with Crippen molar-refractivity contribution in [1.82, 2.24) is 14.9 Å². The van der Waals surface area contributed by atoms with Crippen molar-refractivity contribution in [2.75, 3.05) is 6.54 Å². The number of aromatic nitrogens is 2. The van der Waals surface area contributed by atoms with Crippen LogP contribution in [-0.4, -0.2) is 16.1 Å². The van der Waals surface area contributed by atoms with E-state index in [0.717, 1.165) is 31.1 Å². The summed E-state index contributed by atoms with van der Waals surface area (Å²) in [6.07, 6.45) is 6.54. The molecule has 0 bridgehead atoms. The van der Waals surface area contributed by atoms with Crippen molar-refractivity contribution in [3.05, 3.63) is 41.9 Å². The molecule has 18 heavy (non-hydrogen) atoms. The second-order valence-corrected chi connectivity index (χ2v) is 4.21. The van der Waals surface area contributed by atoms with Crippen molar-refractivity contribution < 1.29 is 4.42 Å². The molecule has 0 aliphatic rings. The molecule has 0 aromatic carbocycles. The van der Waals surface area contributed by atoms with E-state index in [1.165, 1.54) is 5.56 Å². The molecule has 2 heterocycles. The molecule has 1 N–H and O–H groups in total. The van der Waals surface area contributed by atoms with Gasteiger partial charge in [-0.3, -0.25) is 0 Å². The zero-order valence-corrected chi connectivity index (χ0v) is 11.3. The maximum Gasteiger partial charge on any atom is 0.130 e. The number of hydrogen-bond donors (Lipinski definition) is 1. The van der Waals surface area contributed by atoms with Crippen LogP contribution in [0.5, 0.6) is 0 Å². The summed E-state index contributed by atoms with van der Waals surface area (Å²) >= 11 is 0. The van der Waals surface area contributed by atoms with E-state index in [1.807, 2.05) is 18.5 Å².